The first-order valence-corrected chi connectivity index (χ1v) is 9.39. The lowest BCUT2D eigenvalue weighted by atomic mass is 9.92. The van der Waals surface area contributed by atoms with Crippen LogP contribution < -0.4 is 0 Å². The number of unbranched alkanes of at least 4 members (excludes halogenated alkanes) is 3. The molecule has 1 aliphatic rings. The maximum absolute atomic E-state index is 13.3. The van der Waals surface area contributed by atoms with Crippen LogP contribution in [0.1, 0.15) is 64.5 Å². The molecule has 1 amide bonds. The number of carbonyl (C=O) groups excluding carboxylic acids is 2. The van der Waals surface area contributed by atoms with E-state index in [1.54, 1.807) is 17.0 Å². The van der Waals surface area contributed by atoms with E-state index in [1.165, 1.54) is 12.1 Å². The highest BCUT2D eigenvalue weighted by atomic mass is 19.1. The molecule has 4 nitrogen and oxygen atoms in total. The van der Waals surface area contributed by atoms with Gasteiger partial charge in [0.05, 0.1) is 11.6 Å². The van der Waals surface area contributed by atoms with Crippen molar-refractivity contribution in [3.8, 4) is 0 Å². The van der Waals surface area contributed by atoms with Gasteiger partial charge in [0.15, 0.2) is 11.5 Å². The number of carbonyl (C=O) groups is 2. The number of aliphatic hydroxyl groups is 1. The fraction of sp³-hybridized carbons (Fsp3) is 0.524. The average Bonchev–Trinajstić information content (AvgIpc) is 2.83. The summed E-state index contributed by atoms with van der Waals surface area (Å²) < 4.78 is 13.3. The summed E-state index contributed by atoms with van der Waals surface area (Å²) in [6.07, 6.45) is 4.19. The van der Waals surface area contributed by atoms with Crippen LogP contribution in [0.4, 0.5) is 4.39 Å². The van der Waals surface area contributed by atoms with E-state index >= 15 is 0 Å². The standard InChI is InChI=1S/C21H28FNO3/c1-4-5-6-7-12-23-19(15-8-10-16(22)11-9-15)18(20(25)21(23)26)17(24)13-14(2)3/h8-11,14,19,25H,4-7,12-13H2,1-3H3. The van der Waals surface area contributed by atoms with Gasteiger partial charge >= 0.3 is 0 Å². The van der Waals surface area contributed by atoms with Crippen molar-refractivity contribution >= 4 is 11.7 Å². The van der Waals surface area contributed by atoms with E-state index in [4.69, 9.17) is 0 Å². The lowest BCUT2D eigenvalue weighted by molar-refractivity contribution is -0.129. The number of aliphatic hydroxyl groups excluding tert-OH is 1. The number of rotatable bonds is 9. The second-order valence-electron chi connectivity index (χ2n) is 7.30. The SMILES string of the molecule is CCCCCCN1C(=O)C(O)=C(C(=O)CC(C)C)C1c1ccc(F)cc1. The highest BCUT2D eigenvalue weighted by molar-refractivity contribution is 6.09. The zero-order valence-electron chi connectivity index (χ0n) is 15.8. The Morgan fingerprint density at radius 3 is 2.42 bits per heavy atom. The highest BCUT2D eigenvalue weighted by Gasteiger charge is 2.42. The third-order valence-corrected chi connectivity index (χ3v) is 4.64. The molecule has 0 bridgehead atoms. The lowest BCUT2D eigenvalue weighted by Gasteiger charge is -2.27. The molecule has 26 heavy (non-hydrogen) atoms. The zero-order chi connectivity index (χ0) is 19.3. The summed E-state index contributed by atoms with van der Waals surface area (Å²) >= 11 is 0. The molecule has 0 radical (unpaired) electrons. The van der Waals surface area contributed by atoms with E-state index < -0.39 is 17.7 Å². The molecular weight excluding hydrogens is 333 g/mol. The highest BCUT2D eigenvalue weighted by Crippen LogP contribution is 2.38. The van der Waals surface area contributed by atoms with Crippen LogP contribution in [-0.4, -0.2) is 28.2 Å². The van der Waals surface area contributed by atoms with Crippen LogP contribution in [0.15, 0.2) is 35.6 Å². The molecule has 2 rings (SSSR count). The fourth-order valence-electron chi connectivity index (χ4n) is 3.35. The van der Waals surface area contributed by atoms with Crippen molar-refractivity contribution in [2.24, 2.45) is 5.92 Å². The van der Waals surface area contributed by atoms with Crippen LogP contribution in [0.25, 0.3) is 0 Å². The summed E-state index contributed by atoms with van der Waals surface area (Å²) in [4.78, 5) is 26.9. The monoisotopic (exact) mass is 361 g/mol. The van der Waals surface area contributed by atoms with Crippen molar-refractivity contribution in [2.45, 2.75) is 58.9 Å². The minimum atomic E-state index is -0.643. The number of amides is 1. The molecule has 142 valence electrons. The summed E-state index contributed by atoms with van der Waals surface area (Å²) in [5, 5.41) is 10.4. The van der Waals surface area contributed by atoms with E-state index in [0.717, 1.165) is 25.7 Å². The Labute approximate surface area is 154 Å². The molecule has 1 aromatic rings. The lowest BCUT2D eigenvalue weighted by Crippen LogP contribution is -2.32. The van der Waals surface area contributed by atoms with Crippen LogP contribution in [0, 0.1) is 11.7 Å². The number of halogens is 1. The van der Waals surface area contributed by atoms with Crippen molar-refractivity contribution in [3.05, 3.63) is 47.0 Å². The third-order valence-electron chi connectivity index (χ3n) is 4.64. The van der Waals surface area contributed by atoms with E-state index in [9.17, 15) is 19.1 Å². The molecule has 1 unspecified atom stereocenters. The van der Waals surface area contributed by atoms with Crippen molar-refractivity contribution in [3.63, 3.8) is 0 Å². The molecule has 1 atom stereocenters. The summed E-state index contributed by atoms with van der Waals surface area (Å²) in [5.41, 5.74) is 0.789. The predicted octanol–water partition coefficient (Wildman–Crippen LogP) is 4.72. The number of hydrogen-bond donors (Lipinski definition) is 1. The Kier molecular flexibility index (Phi) is 6.95. The second kappa shape index (κ2) is 8.97. The fourth-order valence-corrected chi connectivity index (χ4v) is 3.35. The molecule has 1 aliphatic heterocycles. The molecule has 1 aromatic carbocycles. The third kappa shape index (κ3) is 4.51. The summed E-state index contributed by atoms with van der Waals surface area (Å²) in [5.74, 6) is -1.46. The van der Waals surface area contributed by atoms with Gasteiger partial charge < -0.3 is 10.0 Å². The number of benzene rings is 1. The zero-order valence-corrected chi connectivity index (χ0v) is 15.8. The minimum Gasteiger partial charge on any atom is -0.503 e. The van der Waals surface area contributed by atoms with Gasteiger partial charge in [-0.15, -0.1) is 0 Å². The van der Waals surface area contributed by atoms with Crippen LogP contribution in [0.5, 0.6) is 0 Å². The van der Waals surface area contributed by atoms with Gasteiger partial charge in [-0.3, -0.25) is 9.59 Å². The van der Waals surface area contributed by atoms with Gasteiger partial charge in [0.25, 0.3) is 5.91 Å². The van der Waals surface area contributed by atoms with E-state index in [-0.39, 0.29) is 29.5 Å². The van der Waals surface area contributed by atoms with E-state index in [1.807, 2.05) is 13.8 Å². The quantitative estimate of drug-likeness (QED) is 0.648. The second-order valence-corrected chi connectivity index (χ2v) is 7.30. The molecule has 0 saturated carbocycles. The largest absolute Gasteiger partial charge is 0.503 e. The summed E-state index contributed by atoms with van der Waals surface area (Å²) in [6.45, 7) is 6.41. The van der Waals surface area contributed by atoms with Gasteiger partial charge in [0, 0.05) is 13.0 Å². The number of ketones is 1. The Bertz CT molecular complexity index is 679. The molecule has 1 heterocycles. The van der Waals surface area contributed by atoms with Crippen molar-refractivity contribution in [1.82, 2.24) is 4.90 Å². The summed E-state index contributed by atoms with van der Waals surface area (Å²) in [6, 6.07) is 5.14. The average molecular weight is 361 g/mol. The van der Waals surface area contributed by atoms with Crippen LogP contribution in [0.3, 0.4) is 0 Å². The van der Waals surface area contributed by atoms with Crippen molar-refractivity contribution in [1.29, 1.82) is 0 Å². The first kappa shape index (κ1) is 20.1. The summed E-state index contributed by atoms with van der Waals surface area (Å²) in [7, 11) is 0. The van der Waals surface area contributed by atoms with Gasteiger partial charge in [0.1, 0.15) is 5.82 Å². The number of nitrogens with zero attached hydrogens (tertiary/aromatic N) is 1. The molecule has 0 spiro atoms. The molecular formula is C21H28FNO3. The molecule has 0 aromatic heterocycles. The molecule has 5 heteroatoms. The normalized spacial score (nSPS) is 17.5. The van der Waals surface area contributed by atoms with E-state index in [2.05, 4.69) is 6.92 Å². The molecule has 0 aliphatic carbocycles. The van der Waals surface area contributed by atoms with Gasteiger partial charge in [-0.05, 0) is 30.0 Å². The predicted molar refractivity (Wildman–Crippen MR) is 99.1 cm³/mol. The van der Waals surface area contributed by atoms with Gasteiger partial charge in [-0.25, -0.2) is 4.39 Å². The number of Topliss-reactive ketones (excluding diaryl/α,β-unsaturated/α-hetero) is 1. The Morgan fingerprint density at radius 1 is 1.19 bits per heavy atom. The molecule has 1 N–H and O–H groups in total. The van der Waals surface area contributed by atoms with Gasteiger partial charge in [-0.2, -0.15) is 0 Å². The molecule has 0 fully saturated rings. The first-order valence-electron chi connectivity index (χ1n) is 9.39. The molecule has 0 saturated heterocycles. The van der Waals surface area contributed by atoms with Crippen molar-refractivity contribution < 1.29 is 19.1 Å². The van der Waals surface area contributed by atoms with Crippen LogP contribution in [-0.2, 0) is 9.59 Å². The minimum absolute atomic E-state index is 0.116. The van der Waals surface area contributed by atoms with Crippen molar-refractivity contribution in [2.75, 3.05) is 6.54 Å². The Hall–Kier alpha value is -2.17. The Morgan fingerprint density at radius 2 is 1.85 bits per heavy atom. The number of hydrogen-bond acceptors (Lipinski definition) is 3. The van der Waals surface area contributed by atoms with Gasteiger partial charge in [0.2, 0.25) is 0 Å². The topological polar surface area (TPSA) is 57.6 Å². The maximum Gasteiger partial charge on any atom is 0.290 e. The first-order chi connectivity index (χ1) is 12.4. The Balaban J connectivity index is 2.35. The van der Waals surface area contributed by atoms with Crippen LogP contribution in [0.2, 0.25) is 0 Å². The van der Waals surface area contributed by atoms with E-state index in [0.29, 0.717) is 12.1 Å². The van der Waals surface area contributed by atoms with Gasteiger partial charge in [-0.1, -0.05) is 52.2 Å². The maximum atomic E-state index is 13.3. The smallest absolute Gasteiger partial charge is 0.290 e. The van der Waals surface area contributed by atoms with Crippen LogP contribution >= 0.6 is 0 Å².